The number of hydrogen-bond donors (Lipinski definition) is 0. The summed E-state index contributed by atoms with van der Waals surface area (Å²) in [6, 6.07) is 3.68. The molecule has 3 unspecified atom stereocenters. The van der Waals surface area contributed by atoms with Gasteiger partial charge < -0.3 is 9.80 Å². The van der Waals surface area contributed by atoms with Crippen LogP contribution in [0.3, 0.4) is 0 Å². The van der Waals surface area contributed by atoms with Gasteiger partial charge >= 0.3 is 12.1 Å². The Balaban J connectivity index is 1.87. The van der Waals surface area contributed by atoms with Crippen LogP contribution in [0.5, 0.6) is 0 Å². The summed E-state index contributed by atoms with van der Waals surface area (Å²) in [4.78, 5) is 34.5. The Morgan fingerprint density at radius 1 is 1.33 bits per heavy atom. The highest BCUT2D eigenvalue weighted by atomic mass is 19.4. The Morgan fingerprint density at radius 3 is 2.56 bits per heavy atom. The first kappa shape index (κ1) is 19.3. The minimum absolute atomic E-state index is 0.145. The maximum atomic E-state index is 13.1. The molecule has 27 heavy (non-hydrogen) atoms. The molecule has 1 fully saturated rings. The maximum Gasteiger partial charge on any atom is 0.471 e. The maximum absolute atomic E-state index is 13.1. The number of pyridine rings is 1. The minimum atomic E-state index is -5.06. The zero-order valence-electron chi connectivity index (χ0n) is 15.3. The molecule has 3 atom stereocenters. The molecule has 0 aliphatic heterocycles. The summed E-state index contributed by atoms with van der Waals surface area (Å²) < 4.78 is 39.2. The second-order valence-corrected chi connectivity index (χ2v) is 7.29. The molecule has 0 aromatic carbocycles. The van der Waals surface area contributed by atoms with Crippen LogP contribution in [-0.2, 0) is 9.59 Å². The number of likely N-dealkylation sites (N-methyl/N-ethyl adjacent to an activating group) is 1. The number of amides is 2. The molecule has 0 saturated heterocycles. The Bertz CT molecular complexity index is 791. The second kappa shape index (κ2) is 6.94. The lowest BCUT2D eigenvalue weighted by molar-refractivity contribution is -0.186. The Hall–Kier alpha value is -2.45. The average Bonchev–Trinajstić information content (AvgIpc) is 3.24. The van der Waals surface area contributed by atoms with Crippen molar-refractivity contribution in [1.29, 1.82) is 0 Å². The number of alkyl halides is 3. The molecule has 0 spiro atoms. The molecule has 2 aliphatic rings. The van der Waals surface area contributed by atoms with E-state index in [1.54, 1.807) is 18.3 Å². The summed E-state index contributed by atoms with van der Waals surface area (Å²) in [6.45, 7) is 1.12. The number of hydrogen-bond acceptors (Lipinski definition) is 4. The van der Waals surface area contributed by atoms with Crippen molar-refractivity contribution in [3.63, 3.8) is 0 Å². The molecule has 1 aromatic rings. The molecule has 0 radical (unpaired) electrons. The van der Waals surface area contributed by atoms with Crippen molar-refractivity contribution < 1.29 is 22.8 Å². The van der Waals surface area contributed by atoms with Crippen LogP contribution < -0.4 is 0 Å². The van der Waals surface area contributed by atoms with E-state index in [4.69, 9.17) is 0 Å². The van der Waals surface area contributed by atoms with Crippen LogP contribution in [0.4, 0.5) is 13.2 Å². The Labute approximate surface area is 155 Å². The first-order chi connectivity index (χ1) is 12.6. The molecule has 2 aliphatic carbocycles. The van der Waals surface area contributed by atoms with Crippen LogP contribution in [-0.4, -0.2) is 71.7 Å². The summed E-state index contributed by atoms with van der Waals surface area (Å²) in [7, 11) is 2.86. The number of fused-ring (bicyclic) bond motifs is 2. The number of carbonyl (C=O) groups excluding carboxylic acids is 2. The van der Waals surface area contributed by atoms with Gasteiger partial charge in [0.15, 0.2) is 0 Å². The standard InChI is InChI=1S/C18H21F3N4O2/c1-10-6-13(10)23-16-11-4-5-22-14(7-11)12(16)8-25(9-15(26)24(2)3)17(27)18(19,20)21/h4-5,7,10,12-13H,6,8-9H2,1-3H3. The van der Waals surface area contributed by atoms with Crippen LogP contribution >= 0.6 is 0 Å². The zero-order chi connectivity index (χ0) is 19.9. The van der Waals surface area contributed by atoms with Crippen molar-refractivity contribution in [2.24, 2.45) is 10.9 Å². The summed E-state index contributed by atoms with van der Waals surface area (Å²) >= 11 is 0. The summed E-state index contributed by atoms with van der Waals surface area (Å²) in [5, 5.41) is 0. The second-order valence-electron chi connectivity index (χ2n) is 7.29. The number of halogens is 3. The molecule has 6 nitrogen and oxygen atoms in total. The van der Waals surface area contributed by atoms with Crippen LogP contribution in [0.1, 0.15) is 30.5 Å². The van der Waals surface area contributed by atoms with Crippen molar-refractivity contribution in [2.75, 3.05) is 27.2 Å². The molecule has 1 heterocycles. The number of carbonyl (C=O) groups is 2. The molecule has 1 saturated carbocycles. The number of aromatic nitrogens is 1. The van der Waals surface area contributed by atoms with Gasteiger partial charge in [0.1, 0.15) is 6.54 Å². The number of nitrogens with zero attached hydrogens (tertiary/aromatic N) is 4. The van der Waals surface area contributed by atoms with Gasteiger partial charge in [-0.25, -0.2) is 0 Å². The fourth-order valence-electron chi connectivity index (χ4n) is 3.07. The number of rotatable bonds is 5. The van der Waals surface area contributed by atoms with Crippen LogP contribution in [0, 0.1) is 5.92 Å². The SMILES string of the molecule is CC1CC1N=C1c2ccnc(c2)C1CN(CC(=O)N(C)C)C(=O)C(F)(F)F. The monoisotopic (exact) mass is 382 g/mol. The predicted octanol–water partition coefficient (Wildman–Crippen LogP) is 1.86. The van der Waals surface area contributed by atoms with Gasteiger partial charge in [0, 0.05) is 26.8 Å². The van der Waals surface area contributed by atoms with E-state index in [0.717, 1.165) is 16.9 Å². The summed E-state index contributed by atoms with van der Waals surface area (Å²) in [5.41, 5.74) is 2.02. The molecule has 1 aromatic heterocycles. The van der Waals surface area contributed by atoms with Crippen LogP contribution in [0.25, 0.3) is 0 Å². The van der Waals surface area contributed by atoms with Gasteiger partial charge in [-0.15, -0.1) is 0 Å². The molecule has 0 N–H and O–H groups in total. The van der Waals surface area contributed by atoms with E-state index < -0.39 is 30.5 Å². The van der Waals surface area contributed by atoms with E-state index >= 15 is 0 Å². The van der Waals surface area contributed by atoms with E-state index in [2.05, 4.69) is 16.9 Å². The molecule has 2 amide bonds. The van der Waals surface area contributed by atoms with Crippen molar-refractivity contribution in [3.05, 3.63) is 29.6 Å². The first-order valence-electron chi connectivity index (χ1n) is 8.68. The molecular formula is C18H21F3N4O2. The lowest BCUT2D eigenvalue weighted by Crippen LogP contribution is -2.48. The van der Waals surface area contributed by atoms with Crippen molar-refractivity contribution in [1.82, 2.24) is 14.8 Å². The normalized spacial score (nSPS) is 24.8. The van der Waals surface area contributed by atoms with E-state index in [1.807, 2.05) is 0 Å². The van der Waals surface area contributed by atoms with Gasteiger partial charge in [0.2, 0.25) is 5.91 Å². The van der Waals surface area contributed by atoms with Gasteiger partial charge in [-0.2, -0.15) is 13.2 Å². The fraction of sp³-hybridized carbons (Fsp3) is 0.556. The quantitative estimate of drug-likeness (QED) is 0.781. The van der Waals surface area contributed by atoms with Crippen molar-refractivity contribution >= 4 is 17.5 Å². The Kier molecular flexibility index (Phi) is 4.96. The third-order valence-electron chi connectivity index (χ3n) is 4.89. The van der Waals surface area contributed by atoms with Gasteiger partial charge in [-0.05, 0) is 30.0 Å². The van der Waals surface area contributed by atoms with E-state index in [0.29, 0.717) is 22.2 Å². The molecule has 3 rings (SSSR count). The Morgan fingerprint density at radius 2 is 2.00 bits per heavy atom. The zero-order valence-corrected chi connectivity index (χ0v) is 15.3. The third kappa shape index (κ3) is 4.12. The van der Waals surface area contributed by atoms with Crippen molar-refractivity contribution in [2.45, 2.75) is 31.5 Å². The predicted molar refractivity (Wildman–Crippen MR) is 92.4 cm³/mol. The highest BCUT2D eigenvalue weighted by Gasteiger charge is 2.45. The topological polar surface area (TPSA) is 65.9 Å². The third-order valence-corrected chi connectivity index (χ3v) is 4.89. The van der Waals surface area contributed by atoms with Gasteiger partial charge in [0.25, 0.3) is 0 Å². The fourth-order valence-corrected chi connectivity index (χ4v) is 3.07. The lowest BCUT2D eigenvalue weighted by atomic mass is 10.0. The summed E-state index contributed by atoms with van der Waals surface area (Å²) in [6.07, 6.45) is -2.54. The van der Waals surface area contributed by atoms with Gasteiger partial charge in [0.05, 0.1) is 23.4 Å². The van der Waals surface area contributed by atoms with Crippen LogP contribution in [0.2, 0.25) is 0 Å². The van der Waals surface area contributed by atoms with E-state index in [-0.39, 0.29) is 12.6 Å². The highest BCUT2D eigenvalue weighted by Crippen LogP contribution is 2.37. The van der Waals surface area contributed by atoms with Gasteiger partial charge in [-0.1, -0.05) is 6.92 Å². The van der Waals surface area contributed by atoms with Crippen LogP contribution in [0.15, 0.2) is 23.3 Å². The van der Waals surface area contributed by atoms with E-state index in [9.17, 15) is 22.8 Å². The molecule has 9 heteroatoms. The molecular weight excluding hydrogens is 361 g/mol. The van der Waals surface area contributed by atoms with E-state index in [1.165, 1.54) is 14.1 Å². The average molecular weight is 382 g/mol. The van der Waals surface area contributed by atoms with Crippen molar-refractivity contribution in [3.8, 4) is 0 Å². The largest absolute Gasteiger partial charge is 0.471 e. The molecule has 2 bridgehead atoms. The minimum Gasteiger partial charge on any atom is -0.347 e. The first-order valence-corrected chi connectivity index (χ1v) is 8.68. The lowest BCUT2D eigenvalue weighted by Gasteiger charge is -2.27. The smallest absolute Gasteiger partial charge is 0.347 e. The number of aliphatic imine (C=N–C) groups is 1. The van der Waals surface area contributed by atoms with Gasteiger partial charge in [-0.3, -0.25) is 19.6 Å². The summed E-state index contributed by atoms with van der Waals surface area (Å²) in [5.74, 6) is -2.74. The highest BCUT2D eigenvalue weighted by molar-refractivity contribution is 6.08. The molecule has 146 valence electrons.